The topological polar surface area (TPSA) is 26.3 Å². The van der Waals surface area contributed by atoms with Crippen molar-refractivity contribution in [3.8, 4) is 12.3 Å². The van der Waals surface area contributed by atoms with Gasteiger partial charge < -0.3 is 4.74 Å². The average molecular weight is 308 g/mol. The van der Waals surface area contributed by atoms with Gasteiger partial charge in [-0.05, 0) is 35.6 Å². The van der Waals surface area contributed by atoms with Gasteiger partial charge >= 0.3 is 5.97 Å². The third-order valence-corrected chi connectivity index (χ3v) is 4.10. The minimum Gasteiger partial charge on any atom is -0.449 e. The summed E-state index contributed by atoms with van der Waals surface area (Å²) in [6, 6.07) is 16.0. The molecule has 0 heterocycles. The van der Waals surface area contributed by atoms with E-state index in [1.807, 2.05) is 30.3 Å². The zero-order valence-corrected chi connectivity index (χ0v) is 12.6. The van der Waals surface area contributed by atoms with Crippen molar-refractivity contribution in [2.45, 2.75) is 24.9 Å². The van der Waals surface area contributed by atoms with Crippen LogP contribution in [0, 0.1) is 24.1 Å². The second-order valence-corrected chi connectivity index (χ2v) is 5.78. The molecular weight excluding hydrogens is 291 g/mol. The third kappa shape index (κ3) is 3.78. The largest absolute Gasteiger partial charge is 0.449 e. The molecule has 0 aliphatic heterocycles. The van der Waals surface area contributed by atoms with Gasteiger partial charge in [-0.2, -0.15) is 0 Å². The Morgan fingerprint density at radius 1 is 1.22 bits per heavy atom. The zero-order chi connectivity index (χ0) is 16.2. The summed E-state index contributed by atoms with van der Waals surface area (Å²) >= 11 is 0. The number of ether oxygens (including phenoxy) is 1. The highest BCUT2D eigenvalue weighted by Gasteiger charge is 2.45. The summed E-state index contributed by atoms with van der Waals surface area (Å²) in [5.74, 6) is 1.93. The van der Waals surface area contributed by atoms with Crippen LogP contribution in [0.2, 0.25) is 0 Å². The lowest BCUT2D eigenvalue weighted by Crippen LogP contribution is -2.20. The molecular formula is C20H17FO2. The van der Waals surface area contributed by atoms with E-state index in [4.69, 9.17) is 11.2 Å². The van der Waals surface area contributed by atoms with Crippen LogP contribution < -0.4 is 0 Å². The van der Waals surface area contributed by atoms with E-state index in [-0.39, 0.29) is 23.6 Å². The van der Waals surface area contributed by atoms with Crippen LogP contribution in [0.25, 0.3) is 0 Å². The van der Waals surface area contributed by atoms with E-state index < -0.39 is 6.10 Å². The van der Waals surface area contributed by atoms with E-state index in [1.54, 1.807) is 12.1 Å². The normalized spacial score (nSPS) is 20.3. The Balaban J connectivity index is 1.57. The van der Waals surface area contributed by atoms with Gasteiger partial charge in [0.25, 0.3) is 0 Å². The highest BCUT2D eigenvalue weighted by atomic mass is 19.1. The molecule has 0 amide bonds. The molecule has 3 rings (SSSR count). The van der Waals surface area contributed by atoms with E-state index in [2.05, 4.69) is 5.92 Å². The highest BCUT2D eigenvalue weighted by Crippen LogP contribution is 2.48. The maximum absolute atomic E-state index is 12.9. The Bertz CT molecular complexity index is 716. The minimum atomic E-state index is -0.556. The Kier molecular flexibility index (Phi) is 4.43. The first-order valence-electron chi connectivity index (χ1n) is 7.63. The number of esters is 1. The van der Waals surface area contributed by atoms with E-state index in [9.17, 15) is 9.18 Å². The van der Waals surface area contributed by atoms with Crippen molar-refractivity contribution < 1.29 is 13.9 Å². The molecule has 23 heavy (non-hydrogen) atoms. The van der Waals surface area contributed by atoms with Crippen molar-refractivity contribution in [3.05, 3.63) is 71.5 Å². The lowest BCUT2D eigenvalue weighted by molar-refractivity contribution is -0.148. The van der Waals surface area contributed by atoms with Crippen molar-refractivity contribution in [2.75, 3.05) is 0 Å². The number of carbonyl (C=O) groups is 1. The van der Waals surface area contributed by atoms with Crippen LogP contribution in [0.15, 0.2) is 54.6 Å². The number of hydrogen-bond acceptors (Lipinski definition) is 2. The predicted molar refractivity (Wildman–Crippen MR) is 86.1 cm³/mol. The standard InChI is InChI=1S/C20H17FO2/c1-2-17(12-14-6-4-3-5-7-14)23-20(22)19-13-18(19)15-8-10-16(21)11-9-15/h1,3-11,17-19H,12-13H2/t17-,18+,19-/m1/s1. The summed E-state index contributed by atoms with van der Waals surface area (Å²) in [5, 5.41) is 0. The van der Waals surface area contributed by atoms with Gasteiger partial charge in [0.1, 0.15) is 5.82 Å². The fraction of sp³-hybridized carbons (Fsp3) is 0.250. The second-order valence-electron chi connectivity index (χ2n) is 5.78. The molecule has 2 nitrogen and oxygen atoms in total. The van der Waals surface area contributed by atoms with E-state index >= 15 is 0 Å². The van der Waals surface area contributed by atoms with E-state index in [0.717, 1.165) is 17.5 Å². The Hall–Kier alpha value is -2.60. The molecule has 3 heteroatoms. The smallest absolute Gasteiger partial charge is 0.310 e. The van der Waals surface area contributed by atoms with Crippen molar-refractivity contribution in [1.82, 2.24) is 0 Å². The molecule has 116 valence electrons. The summed E-state index contributed by atoms with van der Waals surface area (Å²) in [6.07, 6.45) is 6.17. The fourth-order valence-electron chi connectivity index (χ4n) is 2.72. The van der Waals surface area contributed by atoms with Gasteiger partial charge in [-0.25, -0.2) is 4.39 Å². The molecule has 0 aromatic heterocycles. The first-order valence-corrected chi connectivity index (χ1v) is 7.63. The van der Waals surface area contributed by atoms with Crippen LogP contribution in [0.5, 0.6) is 0 Å². The van der Waals surface area contributed by atoms with Gasteiger partial charge in [0.2, 0.25) is 0 Å². The molecule has 1 aliphatic carbocycles. The highest BCUT2D eigenvalue weighted by molar-refractivity contribution is 5.77. The van der Waals surface area contributed by atoms with Crippen molar-refractivity contribution in [2.24, 2.45) is 5.92 Å². The number of benzene rings is 2. The SMILES string of the molecule is C#C[C@H](Cc1ccccc1)OC(=O)[C@@H]1C[C@H]1c1ccc(F)cc1. The first-order chi connectivity index (χ1) is 11.2. The van der Waals surface area contributed by atoms with E-state index in [1.165, 1.54) is 12.1 Å². The number of carbonyl (C=O) groups excluding carboxylic acids is 1. The Morgan fingerprint density at radius 2 is 1.91 bits per heavy atom. The second kappa shape index (κ2) is 6.66. The maximum atomic E-state index is 12.9. The van der Waals surface area contributed by atoms with Crippen molar-refractivity contribution in [1.29, 1.82) is 0 Å². The lowest BCUT2D eigenvalue weighted by Gasteiger charge is -2.12. The van der Waals surface area contributed by atoms with E-state index in [0.29, 0.717) is 6.42 Å². The van der Waals surface area contributed by atoms with Crippen LogP contribution in [0.3, 0.4) is 0 Å². The number of hydrogen-bond donors (Lipinski definition) is 0. The summed E-state index contributed by atoms with van der Waals surface area (Å²) in [6.45, 7) is 0. The zero-order valence-electron chi connectivity index (χ0n) is 12.6. The number of rotatable bonds is 5. The average Bonchev–Trinajstić information content (AvgIpc) is 3.36. The Labute approximate surface area is 135 Å². The van der Waals surface area contributed by atoms with Gasteiger partial charge in [-0.15, -0.1) is 6.42 Å². The molecule has 1 fully saturated rings. The van der Waals surface area contributed by atoms with Crippen LogP contribution in [0.1, 0.15) is 23.5 Å². The fourth-order valence-corrected chi connectivity index (χ4v) is 2.72. The molecule has 2 aromatic carbocycles. The summed E-state index contributed by atoms with van der Waals surface area (Å²) in [5.41, 5.74) is 2.00. The lowest BCUT2D eigenvalue weighted by atomic mass is 10.1. The van der Waals surface area contributed by atoms with Crippen LogP contribution >= 0.6 is 0 Å². The molecule has 0 bridgehead atoms. The predicted octanol–water partition coefficient (Wildman–Crippen LogP) is 3.72. The summed E-state index contributed by atoms with van der Waals surface area (Å²) in [7, 11) is 0. The number of halogens is 1. The van der Waals surface area contributed by atoms with Crippen molar-refractivity contribution in [3.63, 3.8) is 0 Å². The molecule has 0 N–H and O–H groups in total. The number of terminal acetylenes is 1. The molecule has 0 spiro atoms. The summed E-state index contributed by atoms with van der Waals surface area (Å²) in [4.78, 5) is 12.2. The molecule has 1 saturated carbocycles. The first kappa shape index (κ1) is 15.3. The van der Waals surface area contributed by atoms with Crippen LogP contribution in [-0.4, -0.2) is 12.1 Å². The third-order valence-electron chi connectivity index (χ3n) is 4.10. The molecule has 1 aliphatic rings. The molecule has 0 saturated heterocycles. The summed E-state index contributed by atoms with van der Waals surface area (Å²) < 4.78 is 18.4. The monoisotopic (exact) mass is 308 g/mol. The molecule has 0 unspecified atom stereocenters. The van der Waals surface area contributed by atoms with Crippen molar-refractivity contribution >= 4 is 5.97 Å². The molecule has 3 atom stereocenters. The maximum Gasteiger partial charge on any atom is 0.310 e. The molecule has 0 radical (unpaired) electrons. The van der Waals surface area contributed by atoms with Gasteiger partial charge in [-0.1, -0.05) is 48.4 Å². The van der Waals surface area contributed by atoms with Gasteiger partial charge in [0, 0.05) is 6.42 Å². The van der Waals surface area contributed by atoms with Crippen LogP contribution in [0.4, 0.5) is 4.39 Å². The van der Waals surface area contributed by atoms with Gasteiger partial charge in [0.15, 0.2) is 6.10 Å². The quantitative estimate of drug-likeness (QED) is 0.621. The molecule has 2 aromatic rings. The Morgan fingerprint density at radius 3 is 2.57 bits per heavy atom. The van der Waals surface area contributed by atoms with Gasteiger partial charge in [-0.3, -0.25) is 4.79 Å². The van der Waals surface area contributed by atoms with Gasteiger partial charge in [0.05, 0.1) is 5.92 Å². The minimum absolute atomic E-state index is 0.109. The van der Waals surface area contributed by atoms with Crippen LogP contribution in [-0.2, 0) is 16.0 Å².